The van der Waals surface area contributed by atoms with Crippen molar-refractivity contribution in [1.29, 1.82) is 0 Å². The van der Waals surface area contributed by atoms with E-state index in [0.717, 1.165) is 16.0 Å². The summed E-state index contributed by atoms with van der Waals surface area (Å²) in [7, 11) is 1.37. The minimum absolute atomic E-state index is 0.0406. The van der Waals surface area contributed by atoms with Gasteiger partial charge in [-0.25, -0.2) is 13.6 Å². The molecule has 0 saturated heterocycles. The molecule has 0 heterocycles. The highest BCUT2D eigenvalue weighted by Crippen LogP contribution is 2.27. The molecule has 0 aliphatic heterocycles. The van der Waals surface area contributed by atoms with Crippen LogP contribution in [0.3, 0.4) is 0 Å². The molecular weight excluding hydrogens is 394 g/mol. The molecule has 2 rings (SSSR count). The normalized spacial score (nSPS) is 13.4. The number of quaternary nitrogens is 1. The van der Waals surface area contributed by atoms with Crippen molar-refractivity contribution in [1.82, 2.24) is 5.32 Å². The molecule has 0 spiro atoms. The Morgan fingerprint density at radius 3 is 2.28 bits per heavy atom. The van der Waals surface area contributed by atoms with E-state index in [1.165, 1.54) is 12.1 Å². The van der Waals surface area contributed by atoms with Crippen molar-refractivity contribution >= 4 is 15.9 Å². The first kappa shape index (κ1) is 22.7. The summed E-state index contributed by atoms with van der Waals surface area (Å²) in [5, 5.41) is 8.03. The van der Waals surface area contributed by atoms with Gasteiger partial charge in [-0.2, -0.15) is 0 Å². The number of benzene rings is 2. The van der Waals surface area contributed by atoms with E-state index in [2.05, 4.69) is 5.32 Å². The van der Waals surface area contributed by atoms with Gasteiger partial charge in [-0.1, -0.05) is 12.1 Å². The summed E-state index contributed by atoms with van der Waals surface area (Å²) in [6, 6.07) is 11.6. The van der Waals surface area contributed by atoms with Crippen LogP contribution in [0.25, 0.3) is 0 Å². The molecule has 9 heteroatoms. The van der Waals surface area contributed by atoms with Crippen LogP contribution in [0.1, 0.15) is 24.1 Å². The number of likely N-dealkylation sites (N-methyl/N-ethyl adjacent to an activating group) is 1. The number of amides is 1. The van der Waals surface area contributed by atoms with E-state index >= 15 is 0 Å². The van der Waals surface area contributed by atoms with Crippen LogP contribution < -0.4 is 24.8 Å². The topological polar surface area (TPSA) is 112 Å². The maximum absolute atomic E-state index is 12.4. The zero-order valence-corrected chi connectivity index (χ0v) is 17.9. The third kappa shape index (κ3) is 6.45. The molecule has 0 saturated carbocycles. The van der Waals surface area contributed by atoms with Gasteiger partial charge in [-0.15, -0.1) is 0 Å². The van der Waals surface area contributed by atoms with Crippen molar-refractivity contribution in [3.8, 4) is 11.5 Å². The Bertz CT molecular complexity index is 945. The minimum Gasteiger partial charge on any atom is -0.493 e. The Labute approximate surface area is 171 Å². The summed E-state index contributed by atoms with van der Waals surface area (Å²) in [4.78, 5) is 13.4. The van der Waals surface area contributed by atoms with Gasteiger partial charge in [0.05, 0.1) is 32.2 Å². The van der Waals surface area contributed by atoms with Gasteiger partial charge in [-0.05, 0) is 42.8 Å². The Balaban J connectivity index is 1.92. The molecule has 2 aromatic rings. The second-order valence-corrected chi connectivity index (χ2v) is 8.46. The van der Waals surface area contributed by atoms with Crippen molar-refractivity contribution in [2.75, 3.05) is 27.8 Å². The van der Waals surface area contributed by atoms with Crippen molar-refractivity contribution < 1.29 is 27.6 Å². The third-order valence-electron chi connectivity index (χ3n) is 4.50. The van der Waals surface area contributed by atoms with E-state index in [9.17, 15) is 13.2 Å². The lowest BCUT2D eigenvalue weighted by molar-refractivity contribution is -0.885. The van der Waals surface area contributed by atoms with E-state index in [-0.39, 0.29) is 23.4 Å². The predicted molar refractivity (Wildman–Crippen MR) is 109 cm³/mol. The number of nitrogens with one attached hydrogen (secondary N) is 2. The molecule has 0 aliphatic rings. The van der Waals surface area contributed by atoms with Gasteiger partial charge in [0.25, 0.3) is 5.91 Å². The van der Waals surface area contributed by atoms with Gasteiger partial charge < -0.3 is 19.7 Å². The SMILES string of the molecule is COc1ccc(C[NH+](C)CC(=O)N[C@@H](C)c2ccc(S(N)(=O)=O)cc2)cc1OC. The molecular formula is C20H28N3O5S+. The standard InChI is InChI=1S/C20H27N3O5S/c1-14(16-6-8-17(9-7-16)29(21,25)26)22-20(24)13-23(2)12-15-5-10-18(27-3)19(11-15)28-4/h5-11,14H,12-13H2,1-4H3,(H,22,24)(H2,21,25,26)/p+1/t14-/m0/s1. The molecule has 8 nitrogen and oxygen atoms in total. The molecule has 2 aromatic carbocycles. The number of nitrogens with two attached hydrogens (primary N) is 1. The van der Waals surface area contributed by atoms with Crippen LogP contribution in [0.15, 0.2) is 47.4 Å². The summed E-state index contributed by atoms with van der Waals surface area (Å²) in [6.45, 7) is 2.77. The minimum atomic E-state index is -3.73. The van der Waals surface area contributed by atoms with E-state index < -0.39 is 10.0 Å². The van der Waals surface area contributed by atoms with Crippen LogP contribution in [0.2, 0.25) is 0 Å². The maximum atomic E-state index is 12.4. The molecule has 0 fully saturated rings. The maximum Gasteiger partial charge on any atom is 0.275 e. The van der Waals surface area contributed by atoms with Gasteiger partial charge in [0.15, 0.2) is 18.0 Å². The average molecular weight is 423 g/mol. The lowest BCUT2D eigenvalue weighted by Crippen LogP contribution is -3.08. The van der Waals surface area contributed by atoms with Gasteiger partial charge in [-0.3, -0.25) is 4.79 Å². The van der Waals surface area contributed by atoms with Crippen molar-refractivity contribution in [2.24, 2.45) is 5.14 Å². The predicted octanol–water partition coefficient (Wildman–Crippen LogP) is 0.243. The lowest BCUT2D eigenvalue weighted by Gasteiger charge is -2.18. The Morgan fingerprint density at radius 1 is 1.10 bits per heavy atom. The van der Waals surface area contributed by atoms with Crippen LogP contribution in [0, 0.1) is 0 Å². The van der Waals surface area contributed by atoms with Crippen LogP contribution in [-0.4, -0.2) is 42.1 Å². The first-order valence-electron chi connectivity index (χ1n) is 9.08. The summed E-state index contributed by atoms with van der Waals surface area (Å²) in [6.07, 6.45) is 0. The quantitative estimate of drug-likeness (QED) is 0.536. The van der Waals surface area contributed by atoms with E-state index in [0.29, 0.717) is 18.0 Å². The van der Waals surface area contributed by atoms with Crippen LogP contribution in [0.5, 0.6) is 11.5 Å². The zero-order valence-electron chi connectivity index (χ0n) is 17.1. The van der Waals surface area contributed by atoms with Crippen LogP contribution in [0.4, 0.5) is 0 Å². The zero-order chi connectivity index (χ0) is 21.6. The summed E-state index contributed by atoms with van der Waals surface area (Å²) in [5.41, 5.74) is 1.82. The molecule has 0 radical (unpaired) electrons. The highest BCUT2D eigenvalue weighted by molar-refractivity contribution is 7.89. The molecule has 29 heavy (non-hydrogen) atoms. The molecule has 1 unspecified atom stereocenters. The van der Waals surface area contributed by atoms with Gasteiger partial charge in [0.2, 0.25) is 10.0 Å². The van der Waals surface area contributed by atoms with Gasteiger partial charge in [0, 0.05) is 5.56 Å². The molecule has 0 bridgehead atoms. The number of methoxy groups -OCH3 is 2. The number of carbonyl (C=O) groups is 1. The Kier molecular flexibility index (Phi) is 7.60. The highest BCUT2D eigenvalue weighted by atomic mass is 32.2. The smallest absolute Gasteiger partial charge is 0.275 e. The number of hydrogen-bond acceptors (Lipinski definition) is 5. The Morgan fingerprint density at radius 2 is 1.72 bits per heavy atom. The average Bonchev–Trinajstić information content (AvgIpc) is 2.66. The van der Waals surface area contributed by atoms with Gasteiger partial charge >= 0.3 is 0 Å². The second-order valence-electron chi connectivity index (χ2n) is 6.90. The fraction of sp³-hybridized carbons (Fsp3) is 0.350. The summed E-state index contributed by atoms with van der Waals surface area (Å²) in [5.74, 6) is 1.21. The number of primary sulfonamides is 1. The molecule has 4 N–H and O–H groups in total. The monoisotopic (exact) mass is 422 g/mol. The fourth-order valence-electron chi connectivity index (χ4n) is 3.00. The van der Waals surface area contributed by atoms with Crippen molar-refractivity contribution in [3.63, 3.8) is 0 Å². The van der Waals surface area contributed by atoms with E-state index in [1.54, 1.807) is 26.4 Å². The number of carbonyl (C=O) groups excluding carboxylic acids is 1. The van der Waals surface area contributed by atoms with Crippen LogP contribution in [-0.2, 0) is 21.4 Å². The highest BCUT2D eigenvalue weighted by Gasteiger charge is 2.16. The first-order chi connectivity index (χ1) is 13.6. The lowest BCUT2D eigenvalue weighted by atomic mass is 10.1. The van der Waals surface area contributed by atoms with E-state index in [4.69, 9.17) is 14.6 Å². The number of sulfonamides is 1. The van der Waals surface area contributed by atoms with Crippen molar-refractivity contribution in [3.05, 3.63) is 53.6 Å². The first-order valence-corrected chi connectivity index (χ1v) is 10.6. The second kappa shape index (κ2) is 9.73. The van der Waals surface area contributed by atoms with Gasteiger partial charge in [0.1, 0.15) is 6.54 Å². The van der Waals surface area contributed by atoms with Crippen LogP contribution >= 0.6 is 0 Å². The van der Waals surface area contributed by atoms with Crippen molar-refractivity contribution in [2.45, 2.75) is 24.4 Å². The van der Waals surface area contributed by atoms with E-state index in [1.807, 2.05) is 32.2 Å². The Hall–Kier alpha value is -2.62. The third-order valence-corrected chi connectivity index (χ3v) is 5.43. The largest absolute Gasteiger partial charge is 0.493 e. The summed E-state index contributed by atoms with van der Waals surface area (Å²) >= 11 is 0. The molecule has 158 valence electrons. The number of ether oxygens (including phenoxy) is 2. The fourth-order valence-corrected chi connectivity index (χ4v) is 3.51. The molecule has 1 amide bonds. The number of hydrogen-bond donors (Lipinski definition) is 3. The number of rotatable bonds is 9. The molecule has 0 aromatic heterocycles. The molecule has 2 atom stereocenters. The summed E-state index contributed by atoms with van der Waals surface area (Å²) < 4.78 is 33.2. The molecule has 0 aliphatic carbocycles.